The highest BCUT2D eigenvalue weighted by Gasteiger charge is 2.43. The van der Waals surface area contributed by atoms with Crippen molar-refractivity contribution in [3.63, 3.8) is 0 Å². The van der Waals surface area contributed by atoms with Crippen LogP contribution < -0.4 is 0 Å². The van der Waals surface area contributed by atoms with Crippen molar-refractivity contribution in [2.75, 3.05) is 0 Å². The van der Waals surface area contributed by atoms with Crippen LogP contribution in [0, 0.1) is 0 Å². The average molecular weight is 285 g/mol. The fourth-order valence-corrected chi connectivity index (χ4v) is 1.93. The maximum absolute atomic E-state index is 13.0. The van der Waals surface area contributed by atoms with Gasteiger partial charge in [0, 0.05) is 6.42 Å². The SMILES string of the molecule is O=C(O)C1=C(O)CC2=C(C=CCC=C2)N=C1C(F)(F)F. The Balaban J connectivity index is 2.68. The third-order valence-corrected chi connectivity index (χ3v) is 2.79. The zero-order chi connectivity index (χ0) is 14.9. The van der Waals surface area contributed by atoms with Crippen molar-refractivity contribution in [3.05, 3.63) is 46.9 Å². The maximum atomic E-state index is 13.0. The van der Waals surface area contributed by atoms with Gasteiger partial charge in [0.15, 0.2) is 5.71 Å². The molecule has 106 valence electrons. The van der Waals surface area contributed by atoms with Gasteiger partial charge in [0.1, 0.15) is 11.3 Å². The normalized spacial score (nSPS) is 19.4. The highest BCUT2D eigenvalue weighted by atomic mass is 19.4. The van der Waals surface area contributed by atoms with Crippen LogP contribution >= 0.6 is 0 Å². The van der Waals surface area contributed by atoms with Crippen molar-refractivity contribution >= 4 is 11.7 Å². The van der Waals surface area contributed by atoms with Gasteiger partial charge in [-0.05, 0) is 18.1 Å². The van der Waals surface area contributed by atoms with Gasteiger partial charge in [-0.3, -0.25) is 0 Å². The first kappa shape index (κ1) is 14.1. The number of aliphatic carboxylic acids is 1. The van der Waals surface area contributed by atoms with Gasteiger partial charge in [-0.25, -0.2) is 9.79 Å². The lowest BCUT2D eigenvalue weighted by molar-refractivity contribution is -0.132. The molecule has 7 heteroatoms. The van der Waals surface area contributed by atoms with Crippen molar-refractivity contribution in [2.45, 2.75) is 19.0 Å². The lowest BCUT2D eigenvalue weighted by atomic mass is 10.0. The molecule has 2 N–H and O–H groups in total. The summed E-state index contributed by atoms with van der Waals surface area (Å²) in [5.41, 5.74) is -2.44. The van der Waals surface area contributed by atoms with Gasteiger partial charge in [-0.15, -0.1) is 0 Å². The second kappa shape index (κ2) is 4.99. The van der Waals surface area contributed by atoms with Crippen molar-refractivity contribution < 1.29 is 28.2 Å². The molecule has 0 bridgehead atoms. The predicted octanol–water partition coefficient (Wildman–Crippen LogP) is 3.06. The van der Waals surface area contributed by atoms with Crippen LogP contribution in [0.5, 0.6) is 0 Å². The van der Waals surface area contributed by atoms with Crippen molar-refractivity contribution in [1.29, 1.82) is 0 Å². The number of aliphatic hydroxyl groups excluding tert-OH is 1. The van der Waals surface area contributed by atoms with Gasteiger partial charge in [-0.1, -0.05) is 18.2 Å². The van der Waals surface area contributed by atoms with E-state index in [1.54, 1.807) is 12.2 Å². The molecule has 2 aliphatic rings. The summed E-state index contributed by atoms with van der Waals surface area (Å²) in [6, 6.07) is 0. The molecule has 0 atom stereocenters. The minimum Gasteiger partial charge on any atom is -0.511 e. The van der Waals surface area contributed by atoms with E-state index in [1.807, 2.05) is 0 Å². The molecule has 0 spiro atoms. The second-order valence-corrected chi connectivity index (χ2v) is 4.21. The van der Waals surface area contributed by atoms with E-state index in [4.69, 9.17) is 5.11 Å². The Morgan fingerprint density at radius 1 is 1.25 bits per heavy atom. The Morgan fingerprint density at radius 3 is 2.50 bits per heavy atom. The summed E-state index contributed by atoms with van der Waals surface area (Å²) in [5.74, 6) is -2.71. The zero-order valence-electron chi connectivity index (χ0n) is 10.1. The number of nitrogens with zero attached hydrogens (tertiary/aromatic N) is 1. The summed E-state index contributed by atoms with van der Waals surface area (Å²) < 4.78 is 38.9. The van der Waals surface area contributed by atoms with Gasteiger partial charge in [0.25, 0.3) is 0 Å². The fraction of sp³-hybridized carbons (Fsp3) is 0.231. The largest absolute Gasteiger partial charge is 0.511 e. The number of halogens is 3. The van der Waals surface area contributed by atoms with E-state index in [1.165, 1.54) is 12.2 Å². The highest BCUT2D eigenvalue weighted by Crippen LogP contribution is 2.32. The molecule has 0 fully saturated rings. The van der Waals surface area contributed by atoms with Gasteiger partial charge in [0.2, 0.25) is 0 Å². The smallest absolute Gasteiger partial charge is 0.434 e. The zero-order valence-corrected chi connectivity index (χ0v) is 10.1. The lowest BCUT2D eigenvalue weighted by Gasteiger charge is -2.11. The fourth-order valence-electron chi connectivity index (χ4n) is 1.93. The summed E-state index contributed by atoms with van der Waals surface area (Å²) in [6.45, 7) is 0. The van der Waals surface area contributed by atoms with Crippen LogP contribution in [0.15, 0.2) is 51.9 Å². The number of alkyl halides is 3. The van der Waals surface area contributed by atoms with E-state index in [-0.39, 0.29) is 12.1 Å². The number of carboxylic acids is 1. The molecule has 0 aromatic heterocycles. The first-order valence-corrected chi connectivity index (χ1v) is 5.68. The van der Waals surface area contributed by atoms with E-state index in [9.17, 15) is 23.1 Å². The number of hydrogen-bond acceptors (Lipinski definition) is 3. The van der Waals surface area contributed by atoms with Crippen LogP contribution in [0.3, 0.4) is 0 Å². The summed E-state index contributed by atoms with van der Waals surface area (Å²) in [4.78, 5) is 14.4. The summed E-state index contributed by atoms with van der Waals surface area (Å²) in [7, 11) is 0. The molecular formula is C13H10F3NO3. The lowest BCUT2D eigenvalue weighted by Crippen LogP contribution is -2.29. The summed E-state index contributed by atoms with van der Waals surface area (Å²) >= 11 is 0. The summed E-state index contributed by atoms with van der Waals surface area (Å²) in [6.07, 6.45) is 1.49. The molecule has 0 saturated heterocycles. The van der Waals surface area contributed by atoms with Crippen molar-refractivity contribution in [3.8, 4) is 0 Å². The molecule has 1 aliphatic carbocycles. The molecule has 20 heavy (non-hydrogen) atoms. The Hall–Kier alpha value is -2.31. The molecule has 0 radical (unpaired) electrons. The minimum absolute atomic E-state index is 0.00822. The molecule has 4 nitrogen and oxygen atoms in total. The quantitative estimate of drug-likeness (QED) is 0.778. The van der Waals surface area contributed by atoms with Gasteiger partial charge in [-0.2, -0.15) is 13.2 Å². The van der Waals surface area contributed by atoms with Gasteiger partial charge < -0.3 is 10.2 Å². The van der Waals surface area contributed by atoms with Crippen LogP contribution in [0.1, 0.15) is 12.8 Å². The average Bonchev–Trinajstić information content (AvgIpc) is 2.58. The van der Waals surface area contributed by atoms with Crippen LogP contribution in [-0.2, 0) is 4.79 Å². The monoisotopic (exact) mass is 285 g/mol. The Labute approximate surface area is 111 Å². The molecule has 0 aromatic carbocycles. The Bertz CT molecular complexity index is 607. The van der Waals surface area contributed by atoms with E-state index in [0.29, 0.717) is 12.0 Å². The topological polar surface area (TPSA) is 69.9 Å². The van der Waals surface area contributed by atoms with Crippen LogP contribution in [0.4, 0.5) is 13.2 Å². The number of aliphatic hydroxyl groups is 1. The Morgan fingerprint density at radius 2 is 1.90 bits per heavy atom. The molecule has 0 unspecified atom stereocenters. The summed E-state index contributed by atoms with van der Waals surface area (Å²) in [5, 5.41) is 18.6. The molecule has 1 aliphatic heterocycles. The molecular weight excluding hydrogens is 275 g/mol. The number of rotatable bonds is 1. The van der Waals surface area contributed by atoms with E-state index in [0.717, 1.165) is 0 Å². The first-order valence-electron chi connectivity index (χ1n) is 5.68. The number of hydrogen-bond donors (Lipinski definition) is 2. The highest BCUT2D eigenvalue weighted by molar-refractivity contribution is 6.22. The maximum Gasteiger partial charge on any atom is 0.434 e. The third kappa shape index (κ3) is 2.66. The van der Waals surface area contributed by atoms with E-state index >= 15 is 0 Å². The molecule has 0 amide bonds. The first-order chi connectivity index (χ1) is 9.30. The third-order valence-electron chi connectivity index (χ3n) is 2.79. The standard InChI is InChI=1S/C13H10F3NO3/c14-13(15,16)11-10(12(19)20)9(18)6-7-4-2-1-3-5-8(7)17-11/h2-5,18H,1,6H2,(H,19,20). The van der Waals surface area contributed by atoms with Crippen molar-refractivity contribution in [1.82, 2.24) is 0 Å². The second-order valence-electron chi connectivity index (χ2n) is 4.21. The number of carboxylic acid groups (broad SMARTS) is 1. The number of carbonyl (C=O) groups is 1. The molecule has 1 heterocycles. The van der Waals surface area contributed by atoms with Crippen LogP contribution in [-0.4, -0.2) is 28.1 Å². The predicted molar refractivity (Wildman–Crippen MR) is 65.3 cm³/mol. The van der Waals surface area contributed by atoms with Gasteiger partial charge >= 0.3 is 12.1 Å². The molecule has 0 aromatic rings. The van der Waals surface area contributed by atoms with Crippen LogP contribution in [0.2, 0.25) is 0 Å². The van der Waals surface area contributed by atoms with Crippen molar-refractivity contribution in [2.24, 2.45) is 4.99 Å². The molecule has 0 saturated carbocycles. The van der Waals surface area contributed by atoms with E-state index in [2.05, 4.69) is 4.99 Å². The van der Waals surface area contributed by atoms with Crippen LogP contribution in [0.25, 0.3) is 0 Å². The number of allylic oxidation sites excluding steroid dienone is 5. The van der Waals surface area contributed by atoms with E-state index < -0.39 is 29.2 Å². The Kier molecular flexibility index (Phi) is 3.52. The van der Waals surface area contributed by atoms with Gasteiger partial charge in [0.05, 0.1) is 5.70 Å². The minimum atomic E-state index is -4.96. The molecule has 2 rings (SSSR count). The number of aliphatic imine (C=N–C) groups is 1.